The monoisotopic (exact) mass is 331 g/mol. The molecule has 0 aliphatic carbocycles. The fourth-order valence-electron chi connectivity index (χ4n) is 2.88. The molecular formula is C19H25NO4. The van der Waals surface area contributed by atoms with E-state index in [1.165, 1.54) is 4.90 Å². The minimum absolute atomic E-state index is 0.148. The van der Waals surface area contributed by atoms with E-state index in [0.717, 1.165) is 5.56 Å². The maximum absolute atomic E-state index is 12.7. The second-order valence-corrected chi connectivity index (χ2v) is 6.28. The standard InChI is InChI=1S/C19H25NO4/c1-4-17(21)13(2)10-14(3)18(22)20-16(12-24-19(20)23)11-15-8-6-5-7-9-15/h5-10,13,16-17,21H,4,11-12H2,1-3H3/b14-10+/t13-,16-,17+/m0/s1. The van der Waals surface area contributed by atoms with Crippen molar-refractivity contribution in [1.29, 1.82) is 0 Å². The van der Waals surface area contributed by atoms with Gasteiger partial charge >= 0.3 is 6.09 Å². The van der Waals surface area contributed by atoms with Gasteiger partial charge in [0.1, 0.15) is 6.61 Å². The van der Waals surface area contributed by atoms with E-state index < -0.39 is 12.2 Å². The summed E-state index contributed by atoms with van der Waals surface area (Å²) in [7, 11) is 0. The first-order chi connectivity index (χ1) is 11.4. The van der Waals surface area contributed by atoms with Crippen LogP contribution in [0.5, 0.6) is 0 Å². The Kier molecular flexibility index (Phi) is 6.15. The third-order valence-corrected chi connectivity index (χ3v) is 4.37. The zero-order chi connectivity index (χ0) is 17.7. The Hall–Kier alpha value is -2.14. The van der Waals surface area contributed by atoms with Crippen LogP contribution in [0.25, 0.3) is 0 Å². The summed E-state index contributed by atoms with van der Waals surface area (Å²) in [5.41, 5.74) is 1.50. The van der Waals surface area contributed by atoms with E-state index in [1.54, 1.807) is 13.0 Å². The predicted octanol–water partition coefficient (Wildman–Crippen LogP) is 2.93. The summed E-state index contributed by atoms with van der Waals surface area (Å²) in [5, 5.41) is 9.86. The van der Waals surface area contributed by atoms with Crippen molar-refractivity contribution < 1.29 is 19.4 Å². The Bertz CT molecular complexity index is 611. The summed E-state index contributed by atoms with van der Waals surface area (Å²) in [4.78, 5) is 25.9. The highest BCUT2D eigenvalue weighted by molar-refractivity contribution is 6.03. The van der Waals surface area contributed by atoms with Crippen molar-refractivity contribution in [2.24, 2.45) is 5.92 Å². The Morgan fingerprint density at radius 2 is 2.08 bits per heavy atom. The van der Waals surface area contributed by atoms with Crippen LogP contribution in [0.4, 0.5) is 4.79 Å². The smallest absolute Gasteiger partial charge is 0.417 e. The first-order valence-electron chi connectivity index (χ1n) is 8.34. The van der Waals surface area contributed by atoms with E-state index in [9.17, 15) is 14.7 Å². The number of carbonyl (C=O) groups is 2. The lowest BCUT2D eigenvalue weighted by molar-refractivity contribution is -0.125. The van der Waals surface area contributed by atoms with Crippen molar-refractivity contribution in [3.63, 3.8) is 0 Å². The Morgan fingerprint density at radius 3 is 2.71 bits per heavy atom. The molecule has 1 saturated heterocycles. The van der Waals surface area contributed by atoms with Crippen molar-refractivity contribution in [3.05, 3.63) is 47.5 Å². The number of rotatable bonds is 6. The third-order valence-electron chi connectivity index (χ3n) is 4.37. The first kappa shape index (κ1) is 18.2. The molecule has 1 heterocycles. The zero-order valence-electron chi connectivity index (χ0n) is 14.4. The van der Waals surface area contributed by atoms with Crippen LogP contribution >= 0.6 is 0 Å². The van der Waals surface area contributed by atoms with Crippen LogP contribution in [0.3, 0.4) is 0 Å². The molecule has 5 heteroatoms. The summed E-state index contributed by atoms with van der Waals surface area (Å²) in [6.45, 7) is 5.63. The molecule has 1 aromatic carbocycles. The van der Waals surface area contributed by atoms with Crippen molar-refractivity contribution in [3.8, 4) is 0 Å². The lowest BCUT2D eigenvalue weighted by Crippen LogP contribution is -2.40. The van der Waals surface area contributed by atoms with Crippen LogP contribution in [-0.2, 0) is 16.0 Å². The normalized spacial score (nSPS) is 20.7. The Labute approximate surface area is 142 Å². The fourth-order valence-corrected chi connectivity index (χ4v) is 2.88. The van der Waals surface area contributed by atoms with Gasteiger partial charge in [0.15, 0.2) is 0 Å². The van der Waals surface area contributed by atoms with Crippen molar-refractivity contribution >= 4 is 12.0 Å². The van der Waals surface area contributed by atoms with Gasteiger partial charge in [-0.25, -0.2) is 9.69 Å². The lowest BCUT2D eigenvalue weighted by atomic mass is 9.99. The van der Waals surface area contributed by atoms with E-state index in [4.69, 9.17) is 4.74 Å². The number of amides is 2. The molecule has 2 amide bonds. The molecule has 0 aromatic heterocycles. The van der Waals surface area contributed by atoms with Crippen molar-refractivity contribution in [1.82, 2.24) is 4.90 Å². The molecule has 1 aliphatic rings. The van der Waals surface area contributed by atoms with Gasteiger partial charge in [0.25, 0.3) is 5.91 Å². The molecule has 1 N–H and O–H groups in total. The molecule has 0 unspecified atom stereocenters. The lowest BCUT2D eigenvalue weighted by Gasteiger charge is -2.21. The molecule has 5 nitrogen and oxygen atoms in total. The molecule has 0 spiro atoms. The largest absolute Gasteiger partial charge is 0.447 e. The van der Waals surface area contributed by atoms with Gasteiger partial charge in [0, 0.05) is 11.5 Å². The van der Waals surface area contributed by atoms with Gasteiger partial charge in [0.05, 0.1) is 12.1 Å². The van der Waals surface area contributed by atoms with Crippen LogP contribution in [0.15, 0.2) is 42.0 Å². The van der Waals surface area contributed by atoms with Crippen LogP contribution in [0.2, 0.25) is 0 Å². The van der Waals surface area contributed by atoms with E-state index >= 15 is 0 Å². The number of cyclic esters (lactones) is 1. The van der Waals surface area contributed by atoms with Gasteiger partial charge in [-0.05, 0) is 25.3 Å². The average Bonchev–Trinajstić information content (AvgIpc) is 2.94. The second-order valence-electron chi connectivity index (χ2n) is 6.28. The number of aliphatic hydroxyl groups excluding tert-OH is 1. The highest BCUT2D eigenvalue weighted by Gasteiger charge is 2.38. The van der Waals surface area contributed by atoms with Gasteiger partial charge < -0.3 is 9.84 Å². The molecule has 130 valence electrons. The van der Waals surface area contributed by atoms with Crippen LogP contribution in [0, 0.1) is 5.92 Å². The molecule has 1 aliphatic heterocycles. The average molecular weight is 331 g/mol. The van der Waals surface area contributed by atoms with E-state index in [0.29, 0.717) is 18.4 Å². The first-order valence-corrected chi connectivity index (χ1v) is 8.34. The maximum Gasteiger partial charge on any atom is 0.417 e. The Balaban J connectivity index is 2.13. The van der Waals surface area contributed by atoms with Crippen LogP contribution < -0.4 is 0 Å². The van der Waals surface area contributed by atoms with E-state index in [2.05, 4.69) is 0 Å². The number of hydrogen-bond donors (Lipinski definition) is 1. The number of aliphatic hydroxyl groups is 1. The van der Waals surface area contributed by atoms with Gasteiger partial charge in [-0.1, -0.05) is 50.3 Å². The van der Waals surface area contributed by atoms with Crippen LogP contribution in [0.1, 0.15) is 32.8 Å². The summed E-state index contributed by atoms with van der Waals surface area (Å²) in [5.74, 6) is -0.501. The molecule has 3 atom stereocenters. The van der Waals surface area contributed by atoms with E-state index in [-0.39, 0.29) is 24.5 Å². The van der Waals surface area contributed by atoms with Gasteiger partial charge in [-0.3, -0.25) is 4.79 Å². The number of hydrogen-bond acceptors (Lipinski definition) is 4. The molecule has 1 fully saturated rings. The molecule has 0 bridgehead atoms. The quantitative estimate of drug-likeness (QED) is 0.814. The van der Waals surface area contributed by atoms with E-state index in [1.807, 2.05) is 44.2 Å². The molecule has 0 saturated carbocycles. The summed E-state index contributed by atoms with van der Waals surface area (Å²) in [6.07, 6.45) is 1.80. The second kappa shape index (κ2) is 8.11. The minimum atomic E-state index is -0.600. The molecule has 0 radical (unpaired) electrons. The number of benzene rings is 1. The molecule has 2 rings (SSSR count). The summed E-state index contributed by atoms with van der Waals surface area (Å²) < 4.78 is 5.08. The zero-order valence-corrected chi connectivity index (χ0v) is 14.4. The minimum Gasteiger partial charge on any atom is -0.447 e. The summed E-state index contributed by atoms with van der Waals surface area (Å²) >= 11 is 0. The maximum atomic E-state index is 12.7. The third kappa shape index (κ3) is 4.23. The van der Waals surface area contributed by atoms with Crippen molar-refractivity contribution in [2.75, 3.05) is 6.61 Å². The topological polar surface area (TPSA) is 66.8 Å². The number of nitrogens with zero attached hydrogens (tertiary/aromatic N) is 1. The SMILES string of the molecule is CC[C@@H](O)[C@@H](C)/C=C(\C)C(=O)N1C(=O)OC[C@@H]1Cc1ccccc1. The summed E-state index contributed by atoms with van der Waals surface area (Å²) in [6, 6.07) is 9.41. The van der Waals surface area contributed by atoms with Crippen LogP contribution in [-0.4, -0.2) is 40.8 Å². The highest BCUT2D eigenvalue weighted by Crippen LogP contribution is 2.21. The molecular weight excluding hydrogens is 306 g/mol. The number of carbonyl (C=O) groups excluding carboxylic acids is 2. The van der Waals surface area contributed by atoms with Gasteiger partial charge in [0.2, 0.25) is 0 Å². The van der Waals surface area contributed by atoms with Gasteiger partial charge in [-0.2, -0.15) is 0 Å². The van der Waals surface area contributed by atoms with Crippen molar-refractivity contribution in [2.45, 2.75) is 45.8 Å². The Morgan fingerprint density at radius 1 is 1.42 bits per heavy atom. The predicted molar refractivity (Wildman–Crippen MR) is 91.3 cm³/mol. The fraction of sp³-hybridized carbons (Fsp3) is 0.474. The highest BCUT2D eigenvalue weighted by atomic mass is 16.6. The van der Waals surface area contributed by atoms with Gasteiger partial charge in [-0.15, -0.1) is 0 Å². The number of ether oxygens (including phenoxy) is 1. The molecule has 24 heavy (non-hydrogen) atoms. The number of imide groups is 1. The molecule has 1 aromatic rings.